The summed E-state index contributed by atoms with van der Waals surface area (Å²) in [6.07, 6.45) is 2.31. The van der Waals surface area contributed by atoms with Gasteiger partial charge in [0.15, 0.2) is 5.96 Å². The molecule has 2 N–H and O–H groups in total. The van der Waals surface area contributed by atoms with Crippen molar-refractivity contribution in [3.8, 4) is 0 Å². The highest BCUT2D eigenvalue weighted by Crippen LogP contribution is 2.20. The number of piperidine rings is 1. The molecule has 0 radical (unpaired) electrons. The SMILES string of the molecule is CN=C(NCCc1nc(C)c(C)s1)NCCN1CC(C)CC(C)C1.I. The number of rotatable bonds is 6. The summed E-state index contributed by atoms with van der Waals surface area (Å²) in [5.74, 6) is 2.52. The zero-order valence-electron chi connectivity index (χ0n) is 16.3. The van der Waals surface area contributed by atoms with Crippen LogP contribution in [0.2, 0.25) is 0 Å². The average molecular weight is 479 g/mol. The van der Waals surface area contributed by atoms with E-state index in [4.69, 9.17) is 0 Å². The van der Waals surface area contributed by atoms with Crippen molar-refractivity contribution < 1.29 is 0 Å². The Bertz CT molecular complexity index is 516. The lowest BCUT2D eigenvalue weighted by molar-refractivity contribution is 0.143. The molecule has 0 bridgehead atoms. The van der Waals surface area contributed by atoms with Crippen LogP contribution >= 0.6 is 35.3 Å². The molecule has 7 heteroatoms. The van der Waals surface area contributed by atoms with E-state index in [2.05, 4.69) is 53.2 Å². The molecule has 0 aliphatic carbocycles. The topological polar surface area (TPSA) is 52.6 Å². The summed E-state index contributed by atoms with van der Waals surface area (Å²) in [7, 11) is 1.83. The van der Waals surface area contributed by atoms with Crippen molar-refractivity contribution in [2.45, 2.75) is 40.5 Å². The fourth-order valence-electron chi connectivity index (χ4n) is 3.46. The van der Waals surface area contributed by atoms with E-state index < -0.39 is 0 Å². The molecular weight excluding hydrogens is 445 g/mol. The zero-order chi connectivity index (χ0) is 17.5. The molecule has 2 heterocycles. The van der Waals surface area contributed by atoms with Crippen molar-refractivity contribution >= 4 is 41.3 Å². The van der Waals surface area contributed by atoms with Crippen molar-refractivity contribution in [1.82, 2.24) is 20.5 Å². The van der Waals surface area contributed by atoms with E-state index in [9.17, 15) is 0 Å². The van der Waals surface area contributed by atoms with Gasteiger partial charge in [0.1, 0.15) is 0 Å². The molecule has 25 heavy (non-hydrogen) atoms. The van der Waals surface area contributed by atoms with Gasteiger partial charge in [0.25, 0.3) is 0 Å². The van der Waals surface area contributed by atoms with E-state index in [0.29, 0.717) is 0 Å². The second-order valence-electron chi connectivity index (χ2n) is 7.13. The average Bonchev–Trinajstić information content (AvgIpc) is 2.83. The number of aryl methyl sites for hydroxylation is 2. The minimum absolute atomic E-state index is 0. The van der Waals surface area contributed by atoms with Gasteiger partial charge in [-0.15, -0.1) is 35.3 Å². The molecule has 2 rings (SSSR count). The van der Waals surface area contributed by atoms with Crippen LogP contribution in [0.1, 0.15) is 35.8 Å². The van der Waals surface area contributed by atoms with Crippen molar-refractivity contribution in [3.63, 3.8) is 0 Å². The molecule has 5 nitrogen and oxygen atoms in total. The Labute approximate surface area is 174 Å². The lowest BCUT2D eigenvalue weighted by Gasteiger charge is -2.35. The first-order valence-electron chi connectivity index (χ1n) is 9.07. The molecule has 2 atom stereocenters. The third-order valence-electron chi connectivity index (χ3n) is 4.59. The third-order valence-corrected chi connectivity index (χ3v) is 5.73. The maximum Gasteiger partial charge on any atom is 0.191 e. The fourth-order valence-corrected chi connectivity index (χ4v) is 4.40. The van der Waals surface area contributed by atoms with Gasteiger partial charge in [-0.3, -0.25) is 4.99 Å². The van der Waals surface area contributed by atoms with Crippen molar-refractivity contribution in [3.05, 3.63) is 15.6 Å². The number of likely N-dealkylation sites (tertiary alicyclic amines) is 1. The molecular formula is C18H34IN5S. The van der Waals surface area contributed by atoms with Crippen LogP contribution in [-0.2, 0) is 6.42 Å². The molecule has 1 aliphatic rings. The Morgan fingerprint density at radius 2 is 1.84 bits per heavy atom. The molecule has 1 aromatic heterocycles. The molecule has 1 aromatic rings. The Kier molecular flexibility index (Phi) is 10.3. The summed E-state index contributed by atoms with van der Waals surface area (Å²) in [5.41, 5.74) is 1.16. The highest BCUT2D eigenvalue weighted by molar-refractivity contribution is 14.0. The lowest BCUT2D eigenvalue weighted by atomic mass is 9.92. The monoisotopic (exact) mass is 479 g/mol. The zero-order valence-corrected chi connectivity index (χ0v) is 19.4. The van der Waals surface area contributed by atoms with Gasteiger partial charge in [0.2, 0.25) is 0 Å². The van der Waals surface area contributed by atoms with Crippen molar-refractivity contribution in [2.75, 3.05) is 39.8 Å². The highest BCUT2D eigenvalue weighted by Gasteiger charge is 2.21. The molecule has 1 fully saturated rings. The first-order chi connectivity index (χ1) is 11.5. The van der Waals surface area contributed by atoms with E-state index >= 15 is 0 Å². The number of thiazole rings is 1. The molecule has 1 aliphatic heterocycles. The van der Waals surface area contributed by atoms with Gasteiger partial charge in [-0.05, 0) is 32.1 Å². The van der Waals surface area contributed by atoms with Gasteiger partial charge >= 0.3 is 0 Å². The fraction of sp³-hybridized carbons (Fsp3) is 0.778. The summed E-state index contributed by atoms with van der Waals surface area (Å²) in [4.78, 5) is 12.8. The van der Waals surface area contributed by atoms with E-state index in [0.717, 1.165) is 49.5 Å². The second-order valence-corrected chi connectivity index (χ2v) is 8.42. The number of halogens is 1. The number of aliphatic imine (C=N–C) groups is 1. The summed E-state index contributed by atoms with van der Waals surface area (Å²) in [6, 6.07) is 0. The van der Waals surface area contributed by atoms with E-state index in [1.165, 1.54) is 29.4 Å². The molecule has 0 amide bonds. The number of nitrogens with zero attached hydrogens (tertiary/aromatic N) is 3. The van der Waals surface area contributed by atoms with E-state index in [-0.39, 0.29) is 24.0 Å². The predicted octanol–water partition coefficient (Wildman–Crippen LogP) is 3.06. The van der Waals surface area contributed by atoms with Crippen LogP contribution in [0, 0.1) is 25.7 Å². The predicted molar refractivity (Wildman–Crippen MR) is 119 cm³/mol. The number of nitrogens with one attached hydrogen (secondary N) is 2. The summed E-state index contributed by atoms with van der Waals surface area (Å²) in [5, 5.41) is 8.02. The largest absolute Gasteiger partial charge is 0.356 e. The van der Waals surface area contributed by atoms with Gasteiger partial charge < -0.3 is 15.5 Å². The minimum atomic E-state index is 0. The third kappa shape index (κ3) is 7.78. The number of hydrogen-bond donors (Lipinski definition) is 2. The van der Waals surface area contributed by atoms with Crippen LogP contribution in [0.5, 0.6) is 0 Å². The van der Waals surface area contributed by atoms with Gasteiger partial charge in [-0.2, -0.15) is 0 Å². The molecule has 0 spiro atoms. The summed E-state index contributed by atoms with van der Waals surface area (Å²) < 4.78 is 0. The Balaban J connectivity index is 0.00000312. The Morgan fingerprint density at radius 1 is 1.20 bits per heavy atom. The van der Waals surface area contributed by atoms with Crippen LogP contribution in [0.4, 0.5) is 0 Å². The quantitative estimate of drug-likeness (QED) is 0.374. The van der Waals surface area contributed by atoms with Gasteiger partial charge in [-0.25, -0.2) is 4.98 Å². The maximum atomic E-state index is 4.58. The first kappa shape index (κ1) is 22.6. The standard InChI is InChI=1S/C18H33N5S.HI/c1-13-10-14(2)12-23(11-13)9-8-21-18(19-5)20-7-6-17-22-15(3)16(4)24-17;/h13-14H,6-12H2,1-5H3,(H2,19,20,21);1H. The molecule has 1 saturated heterocycles. The van der Waals surface area contributed by atoms with Crippen molar-refractivity contribution in [1.29, 1.82) is 0 Å². The number of aromatic nitrogens is 1. The molecule has 2 unspecified atom stereocenters. The van der Waals surface area contributed by atoms with Crippen LogP contribution in [0.3, 0.4) is 0 Å². The molecule has 144 valence electrons. The second kappa shape index (κ2) is 11.3. The van der Waals surface area contributed by atoms with E-state index in [1.54, 1.807) is 11.3 Å². The van der Waals surface area contributed by atoms with E-state index in [1.807, 2.05) is 7.05 Å². The molecule has 0 saturated carbocycles. The maximum absolute atomic E-state index is 4.58. The lowest BCUT2D eigenvalue weighted by Crippen LogP contribution is -2.45. The van der Waals surface area contributed by atoms with Gasteiger partial charge in [-0.1, -0.05) is 13.8 Å². The Morgan fingerprint density at radius 3 is 2.40 bits per heavy atom. The first-order valence-corrected chi connectivity index (χ1v) is 9.89. The minimum Gasteiger partial charge on any atom is -0.356 e. The smallest absolute Gasteiger partial charge is 0.191 e. The normalized spacial score (nSPS) is 21.7. The van der Waals surface area contributed by atoms with Crippen LogP contribution in [-0.4, -0.2) is 55.6 Å². The van der Waals surface area contributed by atoms with Gasteiger partial charge in [0.05, 0.1) is 10.7 Å². The summed E-state index contributed by atoms with van der Waals surface area (Å²) in [6.45, 7) is 14.3. The van der Waals surface area contributed by atoms with Crippen molar-refractivity contribution in [2.24, 2.45) is 16.8 Å². The number of hydrogen-bond acceptors (Lipinski definition) is 4. The molecule has 0 aromatic carbocycles. The summed E-state index contributed by atoms with van der Waals surface area (Å²) >= 11 is 1.79. The van der Waals surface area contributed by atoms with Crippen LogP contribution in [0.15, 0.2) is 4.99 Å². The van der Waals surface area contributed by atoms with Crippen LogP contribution < -0.4 is 10.6 Å². The van der Waals surface area contributed by atoms with Gasteiger partial charge in [0, 0.05) is 51.1 Å². The highest BCUT2D eigenvalue weighted by atomic mass is 127. The number of guanidine groups is 1. The van der Waals surface area contributed by atoms with Crippen LogP contribution in [0.25, 0.3) is 0 Å². The Hall–Kier alpha value is -0.410.